The first-order valence-corrected chi connectivity index (χ1v) is 9.81. The average molecular weight is 392 g/mol. The topological polar surface area (TPSA) is 84.9 Å². The van der Waals surface area contributed by atoms with Crippen molar-refractivity contribution in [2.24, 2.45) is 0 Å². The monoisotopic (exact) mass is 392 g/mol. The zero-order chi connectivity index (χ0) is 20.2. The number of benzene rings is 2. The van der Waals surface area contributed by atoms with Gasteiger partial charge in [0.05, 0.1) is 18.1 Å². The standard InChI is InChI=1S/C19H24N2O5S/c1-13(2)26-16-8-11-18(14(3)12-16)20-19(22)15-6-9-17(10-7-15)27(23,24)21(4)25-5/h6-13H,1-5H3,(H,20,22). The number of aryl methyl sites for hydroxylation is 1. The Morgan fingerprint density at radius 1 is 1.11 bits per heavy atom. The van der Waals surface area contributed by atoms with Gasteiger partial charge in [0.15, 0.2) is 0 Å². The first kappa shape index (κ1) is 20.9. The fourth-order valence-electron chi connectivity index (χ4n) is 2.34. The van der Waals surface area contributed by atoms with E-state index in [9.17, 15) is 13.2 Å². The van der Waals surface area contributed by atoms with E-state index in [0.717, 1.165) is 15.8 Å². The van der Waals surface area contributed by atoms with Crippen molar-refractivity contribution in [3.63, 3.8) is 0 Å². The van der Waals surface area contributed by atoms with Gasteiger partial charge in [-0.25, -0.2) is 8.42 Å². The molecule has 0 aliphatic rings. The predicted octanol–water partition coefficient (Wildman–Crippen LogP) is 3.22. The first-order valence-electron chi connectivity index (χ1n) is 8.37. The average Bonchev–Trinajstić information content (AvgIpc) is 2.62. The Labute approximate surface area is 159 Å². The number of nitrogens with one attached hydrogen (secondary N) is 1. The molecule has 2 aromatic rings. The van der Waals surface area contributed by atoms with Crippen molar-refractivity contribution in [1.82, 2.24) is 4.47 Å². The van der Waals surface area contributed by atoms with Crippen molar-refractivity contribution in [3.05, 3.63) is 53.6 Å². The van der Waals surface area contributed by atoms with Gasteiger partial charge in [0.2, 0.25) is 0 Å². The van der Waals surface area contributed by atoms with E-state index in [4.69, 9.17) is 9.57 Å². The number of rotatable bonds is 7. The molecule has 2 rings (SSSR count). The van der Waals surface area contributed by atoms with E-state index in [1.807, 2.05) is 26.8 Å². The van der Waals surface area contributed by atoms with Gasteiger partial charge in [-0.3, -0.25) is 9.63 Å². The molecule has 0 spiro atoms. The third kappa shape index (κ3) is 5.06. The summed E-state index contributed by atoms with van der Waals surface area (Å²) in [6.07, 6.45) is 0.0665. The lowest BCUT2D eigenvalue weighted by molar-refractivity contribution is -0.0258. The number of nitrogens with zero attached hydrogens (tertiary/aromatic N) is 1. The van der Waals surface area contributed by atoms with E-state index < -0.39 is 10.0 Å². The van der Waals surface area contributed by atoms with Crippen LogP contribution >= 0.6 is 0 Å². The van der Waals surface area contributed by atoms with E-state index in [1.165, 1.54) is 38.4 Å². The third-order valence-corrected chi connectivity index (χ3v) is 5.52. The van der Waals surface area contributed by atoms with Crippen LogP contribution in [-0.2, 0) is 14.9 Å². The van der Waals surface area contributed by atoms with E-state index in [-0.39, 0.29) is 16.9 Å². The number of hydrogen-bond acceptors (Lipinski definition) is 5. The molecule has 0 aliphatic carbocycles. The first-order chi connectivity index (χ1) is 12.6. The number of carbonyl (C=O) groups excluding carboxylic acids is 1. The summed E-state index contributed by atoms with van der Waals surface area (Å²) in [6, 6.07) is 11.1. The molecule has 0 saturated heterocycles. The Bertz CT molecular complexity index is 908. The van der Waals surface area contributed by atoms with E-state index in [2.05, 4.69) is 5.32 Å². The fraction of sp³-hybridized carbons (Fsp3) is 0.316. The van der Waals surface area contributed by atoms with Crippen LogP contribution in [-0.4, -0.2) is 39.1 Å². The maximum absolute atomic E-state index is 12.5. The van der Waals surface area contributed by atoms with Crippen molar-refractivity contribution < 1.29 is 22.8 Å². The van der Waals surface area contributed by atoms with Crippen LogP contribution in [0.2, 0.25) is 0 Å². The van der Waals surface area contributed by atoms with Gasteiger partial charge in [-0.2, -0.15) is 0 Å². The molecular weight excluding hydrogens is 368 g/mol. The van der Waals surface area contributed by atoms with Crippen molar-refractivity contribution in [1.29, 1.82) is 0 Å². The second-order valence-electron chi connectivity index (χ2n) is 6.22. The van der Waals surface area contributed by atoms with Crippen molar-refractivity contribution >= 4 is 21.6 Å². The van der Waals surface area contributed by atoms with Crippen LogP contribution in [0.3, 0.4) is 0 Å². The Balaban J connectivity index is 2.15. The van der Waals surface area contributed by atoms with Gasteiger partial charge in [-0.15, -0.1) is 0 Å². The fourth-order valence-corrected chi connectivity index (χ4v) is 3.31. The minimum absolute atomic E-state index is 0.0368. The zero-order valence-electron chi connectivity index (χ0n) is 16.0. The largest absolute Gasteiger partial charge is 0.491 e. The van der Waals surface area contributed by atoms with E-state index in [0.29, 0.717) is 11.3 Å². The number of sulfonamides is 1. The van der Waals surface area contributed by atoms with Crippen LogP contribution in [0.4, 0.5) is 5.69 Å². The number of amides is 1. The molecule has 2 aromatic carbocycles. The highest BCUT2D eigenvalue weighted by Crippen LogP contribution is 2.23. The van der Waals surface area contributed by atoms with Gasteiger partial charge in [0.1, 0.15) is 5.75 Å². The molecule has 0 aliphatic heterocycles. The quantitative estimate of drug-likeness (QED) is 0.732. The van der Waals surface area contributed by atoms with Crippen LogP contribution in [0.5, 0.6) is 5.75 Å². The molecule has 0 radical (unpaired) electrons. The predicted molar refractivity (Wildman–Crippen MR) is 103 cm³/mol. The molecule has 0 bridgehead atoms. The Morgan fingerprint density at radius 2 is 1.74 bits per heavy atom. The van der Waals surface area contributed by atoms with Crippen molar-refractivity contribution in [2.75, 3.05) is 19.5 Å². The summed E-state index contributed by atoms with van der Waals surface area (Å²) >= 11 is 0. The third-order valence-electron chi connectivity index (χ3n) is 3.83. The lowest BCUT2D eigenvalue weighted by Gasteiger charge is -2.15. The summed E-state index contributed by atoms with van der Waals surface area (Å²) in [7, 11) is -1.19. The van der Waals surface area contributed by atoms with Gasteiger partial charge in [-0.1, -0.05) is 4.47 Å². The van der Waals surface area contributed by atoms with Gasteiger partial charge < -0.3 is 10.1 Å². The second-order valence-corrected chi connectivity index (χ2v) is 8.15. The molecular formula is C19H24N2O5S. The molecule has 0 unspecified atom stereocenters. The molecule has 1 N–H and O–H groups in total. The van der Waals surface area contributed by atoms with Crippen LogP contribution < -0.4 is 10.1 Å². The minimum Gasteiger partial charge on any atom is -0.491 e. The number of carbonyl (C=O) groups is 1. The summed E-state index contributed by atoms with van der Waals surface area (Å²) in [5, 5.41) is 2.82. The highest BCUT2D eigenvalue weighted by Gasteiger charge is 2.21. The van der Waals surface area contributed by atoms with Crippen LogP contribution in [0.15, 0.2) is 47.4 Å². The van der Waals surface area contributed by atoms with Gasteiger partial charge in [0.25, 0.3) is 15.9 Å². The summed E-state index contributed by atoms with van der Waals surface area (Å²) in [6.45, 7) is 5.76. The molecule has 0 fully saturated rings. The zero-order valence-corrected chi connectivity index (χ0v) is 16.8. The smallest absolute Gasteiger partial charge is 0.264 e. The minimum atomic E-state index is -3.75. The summed E-state index contributed by atoms with van der Waals surface area (Å²) in [5.41, 5.74) is 1.87. The number of hydroxylamine groups is 1. The summed E-state index contributed by atoms with van der Waals surface area (Å²) < 4.78 is 30.7. The van der Waals surface area contributed by atoms with Crippen molar-refractivity contribution in [3.8, 4) is 5.75 Å². The second kappa shape index (κ2) is 8.51. The molecule has 0 aromatic heterocycles. The number of anilines is 1. The molecule has 27 heavy (non-hydrogen) atoms. The molecule has 1 amide bonds. The van der Waals surface area contributed by atoms with Crippen LogP contribution in [0.25, 0.3) is 0 Å². The van der Waals surface area contributed by atoms with Crippen LogP contribution in [0.1, 0.15) is 29.8 Å². The molecule has 0 saturated carbocycles. The van der Waals surface area contributed by atoms with E-state index >= 15 is 0 Å². The Kier molecular flexibility index (Phi) is 6.59. The highest BCUT2D eigenvalue weighted by atomic mass is 32.2. The highest BCUT2D eigenvalue weighted by molar-refractivity contribution is 7.89. The lowest BCUT2D eigenvalue weighted by atomic mass is 10.1. The Hall–Kier alpha value is -2.42. The Morgan fingerprint density at radius 3 is 2.26 bits per heavy atom. The molecule has 7 nitrogen and oxygen atoms in total. The number of ether oxygens (including phenoxy) is 1. The molecule has 0 atom stereocenters. The summed E-state index contributed by atoms with van der Waals surface area (Å²) in [4.78, 5) is 17.2. The normalized spacial score (nSPS) is 11.7. The van der Waals surface area contributed by atoms with E-state index in [1.54, 1.807) is 12.1 Å². The molecule has 8 heteroatoms. The molecule has 0 heterocycles. The number of hydrogen-bond donors (Lipinski definition) is 1. The maximum Gasteiger partial charge on any atom is 0.264 e. The van der Waals surface area contributed by atoms with Gasteiger partial charge >= 0.3 is 0 Å². The summed E-state index contributed by atoms with van der Waals surface area (Å²) in [5.74, 6) is 0.400. The van der Waals surface area contributed by atoms with Crippen molar-refractivity contribution in [2.45, 2.75) is 31.8 Å². The molecule has 146 valence electrons. The SMILES string of the molecule is CON(C)S(=O)(=O)c1ccc(C(=O)Nc2ccc(OC(C)C)cc2C)cc1. The van der Waals surface area contributed by atoms with Crippen LogP contribution in [0, 0.1) is 6.92 Å². The van der Waals surface area contributed by atoms with Gasteiger partial charge in [0, 0.05) is 18.3 Å². The maximum atomic E-state index is 12.5. The lowest BCUT2D eigenvalue weighted by Crippen LogP contribution is -2.25. The van der Waals surface area contributed by atoms with Gasteiger partial charge in [-0.05, 0) is 68.8 Å².